The van der Waals surface area contributed by atoms with Gasteiger partial charge in [0, 0.05) is 11.1 Å². The summed E-state index contributed by atoms with van der Waals surface area (Å²) in [6.07, 6.45) is -0.0882. The molecule has 1 heterocycles. The molecule has 23 heavy (non-hydrogen) atoms. The zero-order valence-corrected chi connectivity index (χ0v) is 12.6. The van der Waals surface area contributed by atoms with Crippen LogP contribution in [0.4, 0.5) is 0 Å². The lowest BCUT2D eigenvalue weighted by Crippen LogP contribution is -2.04. The third kappa shape index (κ3) is 2.58. The molecule has 0 spiro atoms. The van der Waals surface area contributed by atoms with Crippen molar-refractivity contribution in [2.45, 2.75) is 12.7 Å². The van der Waals surface area contributed by atoms with Crippen molar-refractivity contribution in [2.24, 2.45) is 0 Å². The molecule has 1 unspecified atom stereocenters. The van der Waals surface area contributed by atoms with Crippen LogP contribution < -0.4 is 0 Å². The molecule has 0 saturated carbocycles. The first kappa shape index (κ1) is 13.9. The van der Waals surface area contributed by atoms with Gasteiger partial charge >= 0.3 is 0 Å². The summed E-state index contributed by atoms with van der Waals surface area (Å²) in [5.74, 6) is 0.0483. The van der Waals surface area contributed by atoms with Gasteiger partial charge in [-0.3, -0.25) is 4.79 Å². The van der Waals surface area contributed by atoms with Crippen molar-refractivity contribution in [3.8, 4) is 0 Å². The molecule has 0 fully saturated rings. The summed E-state index contributed by atoms with van der Waals surface area (Å²) in [6, 6.07) is 25.4. The summed E-state index contributed by atoms with van der Waals surface area (Å²) >= 11 is 0. The number of hydrogen-bond donors (Lipinski definition) is 0. The Kier molecular flexibility index (Phi) is 3.52. The van der Waals surface area contributed by atoms with Crippen LogP contribution in [0.25, 0.3) is 0 Å². The lowest BCUT2D eigenvalue weighted by molar-refractivity contribution is 0.0939. The fraction of sp³-hybridized carbons (Fsp3) is 0.0952. The number of rotatable bonds is 3. The van der Waals surface area contributed by atoms with Crippen LogP contribution in [0.15, 0.2) is 78.9 Å². The highest BCUT2D eigenvalue weighted by Crippen LogP contribution is 2.36. The molecule has 3 aromatic rings. The first-order valence-corrected chi connectivity index (χ1v) is 7.72. The van der Waals surface area contributed by atoms with Crippen molar-refractivity contribution in [1.29, 1.82) is 0 Å². The zero-order valence-electron chi connectivity index (χ0n) is 12.6. The molecule has 0 saturated heterocycles. The first-order valence-electron chi connectivity index (χ1n) is 7.72. The predicted molar refractivity (Wildman–Crippen MR) is 89.4 cm³/mol. The van der Waals surface area contributed by atoms with Crippen molar-refractivity contribution in [3.63, 3.8) is 0 Å². The molecule has 1 aliphatic rings. The maximum atomic E-state index is 12.6. The van der Waals surface area contributed by atoms with Gasteiger partial charge in [0.15, 0.2) is 5.78 Å². The number of fused-ring (bicyclic) bond motifs is 1. The topological polar surface area (TPSA) is 26.3 Å². The molecule has 0 N–H and O–H groups in total. The minimum absolute atomic E-state index is 0.0483. The normalized spacial score (nSPS) is 16.1. The molecule has 0 bridgehead atoms. The second-order valence-corrected chi connectivity index (χ2v) is 5.71. The minimum Gasteiger partial charge on any atom is -0.364 e. The third-order valence-corrected chi connectivity index (χ3v) is 4.23. The fourth-order valence-corrected chi connectivity index (χ4v) is 3.03. The van der Waals surface area contributed by atoms with Gasteiger partial charge in [0.05, 0.1) is 6.61 Å². The van der Waals surface area contributed by atoms with E-state index in [9.17, 15) is 4.79 Å². The predicted octanol–water partition coefficient (Wildman–Crippen LogP) is 4.54. The van der Waals surface area contributed by atoms with Gasteiger partial charge in [0.2, 0.25) is 0 Å². The molecule has 0 radical (unpaired) electrons. The number of hydrogen-bond acceptors (Lipinski definition) is 2. The standard InChI is InChI=1S/C21H16O2/c22-20(15-7-3-1-4-8-15)17-11-12-18-14-23-21(19(18)13-17)16-9-5-2-6-10-16/h1-13,21H,14H2. The monoisotopic (exact) mass is 300 g/mol. The van der Waals surface area contributed by atoms with Crippen molar-refractivity contribution in [3.05, 3.63) is 107 Å². The number of carbonyl (C=O) groups excluding carboxylic acids is 1. The van der Waals surface area contributed by atoms with Crippen LogP contribution in [0.5, 0.6) is 0 Å². The number of ether oxygens (including phenoxy) is 1. The Bertz CT molecular complexity index is 838. The molecule has 3 aromatic carbocycles. The second-order valence-electron chi connectivity index (χ2n) is 5.71. The molecule has 0 aromatic heterocycles. The van der Waals surface area contributed by atoms with Gasteiger partial charge in [-0.15, -0.1) is 0 Å². The van der Waals surface area contributed by atoms with Crippen LogP contribution in [0.3, 0.4) is 0 Å². The first-order chi connectivity index (χ1) is 11.3. The van der Waals surface area contributed by atoms with Gasteiger partial charge in [0.25, 0.3) is 0 Å². The van der Waals surface area contributed by atoms with Crippen LogP contribution in [-0.2, 0) is 11.3 Å². The van der Waals surface area contributed by atoms with E-state index in [1.165, 1.54) is 0 Å². The highest BCUT2D eigenvalue weighted by molar-refractivity contribution is 6.09. The SMILES string of the molecule is O=C(c1ccccc1)c1ccc2c(c1)C(c1ccccc1)OC2. The number of carbonyl (C=O) groups is 1. The van der Waals surface area contributed by atoms with E-state index in [1.807, 2.05) is 66.7 Å². The molecule has 1 aliphatic heterocycles. The smallest absolute Gasteiger partial charge is 0.193 e. The molecular formula is C21H16O2. The lowest BCUT2D eigenvalue weighted by Gasteiger charge is -2.12. The zero-order chi connectivity index (χ0) is 15.6. The van der Waals surface area contributed by atoms with Gasteiger partial charge in [-0.2, -0.15) is 0 Å². The summed E-state index contributed by atoms with van der Waals surface area (Å²) < 4.78 is 5.94. The van der Waals surface area contributed by atoms with E-state index in [2.05, 4.69) is 12.1 Å². The van der Waals surface area contributed by atoms with Gasteiger partial charge < -0.3 is 4.74 Å². The maximum Gasteiger partial charge on any atom is 0.193 e. The van der Waals surface area contributed by atoms with E-state index < -0.39 is 0 Å². The van der Waals surface area contributed by atoms with Crippen LogP contribution in [0.2, 0.25) is 0 Å². The number of benzene rings is 3. The number of ketones is 1. The maximum absolute atomic E-state index is 12.6. The Morgan fingerprint density at radius 2 is 1.52 bits per heavy atom. The van der Waals surface area contributed by atoms with E-state index >= 15 is 0 Å². The van der Waals surface area contributed by atoms with Gasteiger partial charge in [-0.05, 0) is 22.8 Å². The second kappa shape index (κ2) is 5.82. The Labute approximate surface area is 135 Å². The van der Waals surface area contributed by atoms with Crippen LogP contribution >= 0.6 is 0 Å². The largest absolute Gasteiger partial charge is 0.364 e. The van der Waals surface area contributed by atoms with Crippen LogP contribution in [-0.4, -0.2) is 5.78 Å². The van der Waals surface area contributed by atoms with Crippen molar-refractivity contribution in [1.82, 2.24) is 0 Å². The summed E-state index contributed by atoms with van der Waals surface area (Å²) in [7, 11) is 0. The minimum atomic E-state index is -0.0882. The summed E-state index contributed by atoms with van der Waals surface area (Å²) in [5.41, 5.74) is 4.79. The average molecular weight is 300 g/mol. The van der Waals surface area contributed by atoms with E-state index in [4.69, 9.17) is 4.74 Å². The highest BCUT2D eigenvalue weighted by Gasteiger charge is 2.25. The molecule has 0 aliphatic carbocycles. The molecule has 4 rings (SSSR count). The third-order valence-electron chi connectivity index (χ3n) is 4.23. The van der Waals surface area contributed by atoms with Crippen molar-refractivity contribution >= 4 is 5.78 Å². The molecule has 0 amide bonds. The Morgan fingerprint density at radius 3 is 2.26 bits per heavy atom. The van der Waals surface area contributed by atoms with Crippen molar-refractivity contribution in [2.75, 3.05) is 0 Å². The summed E-state index contributed by atoms with van der Waals surface area (Å²) in [6.45, 7) is 0.592. The molecule has 2 heteroatoms. The van der Waals surface area contributed by atoms with Gasteiger partial charge in [-0.25, -0.2) is 0 Å². The highest BCUT2D eigenvalue weighted by atomic mass is 16.5. The van der Waals surface area contributed by atoms with Gasteiger partial charge in [-0.1, -0.05) is 72.8 Å². The molecule has 112 valence electrons. The summed E-state index contributed by atoms with van der Waals surface area (Å²) in [5, 5.41) is 0. The Balaban J connectivity index is 1.72. The van der Waals surface area contributed by atoms with E-state index in [-0.39, 0.29) is 11.9 Å². The summed E-state index contributed by atoms with van der Waals surface area (Å²) in [4.78, 5) is 12.6. The Morgan fingerprint density at radius 1 is 0.826 bits per heavy atom. The molecule has 2 nitrogen and oxygen atoms in total. The quantitative estimate of drug-likeness (QED) is 0.664. The Hall–Kier alpha value is -2.71. The lowest BCUT2D eigenvalue weighted by atomic mass is 9.94. The van der Waals surface area contributed by atoms with Crippen molar-refractivity contribution < 1.29 is 9.53 Å². The van der Waals surface area contributed by atoms with E-state index in [0.717, 1.165) is 16.7 Å². The van der Waals surface area contributed by atoms with Crippen LogP contribution in [0, 0.1) is 0 Å². The van der Waals surface area contributed by atoms with E-state index in [0.29, 0.717) is 17.7 Å². The average Bonchev–Trinajstić information content (AvgIpc) is 3.05. The molecular weight excluding hydrogens is 284 g/mol. The molecule has 1 atom stereocenters. The fourth-order valence-electron chi connectivity index (χ4n) is 3.03. The van der Waals surface area contributed by atoms with Crippen LogP contribution in [0.1, 0.15) is 38.7 Å². The van der Waals surface area contributed by atoms with Gasteiger partial charge in [0.1, 0.15) is 6.10 Å². The van der Waals surface area contributed by atoms with E-state index in [1.54, 1.807) is 0 Å².